The molecule has 1 saturated carbocycles. The Balaban J connectivity index is 1.54. The minimum absolute atomic E-state index is 0.515. The van der Waals surface area contributed by atoms with Crippen LogP contribution in [0.1, 0.15) is 61.7 Å². The van der Waals surface area contributed by atoms with Crippen LogP contribution in [0.3, 0.4) is 0 Å². The quantitative estimate of drug-likeness (QED) is 0.401. The molecule has 3 rings (SSSR count). The molecule has 6 heteroatoms. The molecule has 1 fully saturated rings. The molecule has 2 unspecified atom stereocenters. The fourth-order valence-electron chi connectivity index (χ4n) is 4.24. The molecule has 160 valence electrons. The first-order valence-corrected chi connectivity index (χ1v) is 11.1. The van der Waals surface area contributed by atoms with Crippen LogP contribution in [-0.4, -0.2) is 34.9 Å². The standard InChI is InChI=1S/C23H37N5O/c1-17-9-5-6-12-22(17)26-23(25-15-13-20-10-8-16-29-20)24-14-7-11-21-18(2)27-28(4)19(21)3/h8,10,16-17,22H,5-7,9,11-15H2,1-4H3,(H2,24,25,26). The molecule has 0 spiro atoms. The van der Waals surface area contributed by atoms with Crippen LogP contribution in [0.15, 0.2) is 27.8 Å². The second-order valence-electron chi connectivity index (χ2n) is 8.38. The third-order valence-corrected chi connectivity index (χ3v) is 6.19. The highest BCUT2D eigenvalue weighted by Gasteiger charge is 2.22. The zero-order valence-corrected chi connectivity index (χ0v) is 18.5. The van der Waals surface area contributed by atoms with Crippen molar-refractivity contribution in [3.8, 4) is 0 Å². The van der Waals surface area contributed by atoms with Crippen molar-refractivity contribution in [2.45, 2.75) is 71.8 Å². The van der Waals surface area contributed by atoms with Gasteiger partial charge in [0.2, 0.25) is 0 Å². The van der Waals surface area contributed by atoms with Crippen molar-refractivity contribution >= 4 is 5.96 Å². The van der Waals surface area contributed by atoms with E-state index in [1.165, 1.54) is 36.9 Å². The highest BCUT2D eigenvalue weighted by Crippen LogP contribution is 2.23. The van der Waals surface area contributed by atoms with Gasteiger partial charge in [0, 0.05) is 38.3 Å². The highest BCUT2D eigenvalue weighted by atomic mass is 16.3. The van der Waals surface area contributed by atoms with Gasteiger partial charge < -0.3 is 15.1 Å². The molecular formula is C23H37N5O. The molecule has 0 radical (unpaired) electrons. The molecule has 1 aliphatic rings. The minimum Gasteiger partial charge on any atom is -0.469 e. The zero-order chi connectivity index (χ0) is 20.6. The van der Waals surface area contributed by atoms with Gasteiger partial charge in [0.1, 0.15) is 5.76 Å². The van der Waals surface area contributed by atoms with Crippen LogP contribution in [0.2, 0.25) is 0 Å². The predicted octanol–water partition coefficient (Wildman–Crippen LogP) is 3.92. The maximum atomic E-state index is 5.45. The third kappa shape index (κ3) is 6.12. The molecule has 2 aromatic heterocycles. The van der Waals surface area contributed by atoms with Gasteiger partial charge in [-0.15, -0.1) is 0 Å². The molecule has 2 N–H and O–H groups in total. The van der Waals surface area contributed by atoms with Crippen molar-refractivity contribution in [3.63, 3.8) is 0 Å². The molecule has 2 heterocycles. The van der Waals surface area contributed by atoms with Crippen molar-refractivity contribution in [2.24, 2.45) is 18.0 Å². The van der Waals surface area contributed by atoms with E-state index in [0.29, 0.717) is 12.0 Å². The van der Waals surface area contributed by atoms with Gasteiger partial charge in [-0.3, -0.25) is 9.67 Å². The summed E-state index contributed by atoms with van der Waals surface area (Å²) in [6.07, 6.45) is 9.83. The van der Waals surface area contributed by atoms with Crippen molar-refractivity contribution < 1.29 is 4.42 Å². The topological polar surface area (TPSA) is 67.4 Å². The van der Waals surface area contributed by atoms with Gasteiger partial charge in [-0.2, -0.15) is 5.10 Å². The van der Waals surface area contributed by atoms with Gasteiger partial charge in [-0.05, 0) is 63.1 Å². The monoisotopic (exact) mass is 399 g/mol. The highest BCUT2D eigenvalue weighted by molar-refractivity contribution is 5.80. The SMILES string of the molecule is Cc1nn(C)c(C)c1CCCN=C(NCCc1ccco1)NC1CCCCC1C. The average Bonchev–Trinajstić information content (AvgIpc) is 3.29. The molecule has 0 aromatic carbocycles. The van der Waals surface area contributed by atoms with E-state index in [2.05, 4.69) is 36.5 Å². The Morgan fingerprint density at radius 1 is 1.28 bits per heavy atom. The largest absolute Gasteiger partial charge is 0.469 e. The van der Waals surface area contributed by atoms with Crippen LogP contribution in [0.25, 0.3) is 0 Å². The molecule has 2 atom stereocenters. The number of rotatable bonds is 8. The fraction of sp³-hybridized carbons (Fsp3) is 0.652. The van der Waals surface area contributed by atoms with E-state index >= 15 is 0 Å². The smallest absolute Gasteiger partial charge is 0.191 e. The molecule has 0 aliphatic heterocycles. The summed E-state index contributed by atoms with van der Waals surface area (Å²) < 4.78 is 7.42. The van der Waals surface area contributed by atoms with Gasteiger partial charge in [0.15, 0.2) is 5.96 Å². The first-order valence-electron chi connectivity index (χ1n) is 11.1. The van der Waals surface area contributed by atoms with E-state index < -0.39 is 0 Å². The molecule has 6 nitrogen and oxygen atoms in total. The maximum absolute atomic E-state index is 5.45. The van der Waals surface area contributed by atoms with E-state index in [1.807, 2.05) is 23.9 Å². The lowest BCUT2D eigenvalue weighted by Gasteiger charge is -2.31. The molecule has 0 bridgehead atoms. The van der Waals surface area contributed by atoms with Crippen LogP contribution >= 0.6 is 0 Å². The number of aromatic nitrogens is 2. The second kappa shape index (κ2) is 10.5. The lowest BCUT2D eigenvalue weighted by Crippen LogP contribution is -2.47. The van der Waals surface area contributed by atoms with E-state index in [-0.39, 0.29) is 0 Å². The summed E-state index contributed by atoms with van der Waals surface area (Å²) in [6.45, 7) is 8.23. The van der Waals surface area contributed by atoms with Gasteiger partial charge >= 0.3 is 0 Å². The number of hydrogen-bond donors (Lipinski definition) is 2. The molecule has 0 amide bonds. The van der Waals surface area contributed by atoms with Crippen LogP contribution in [0, 0.1) is 19.8 Å². The first kappa shape index (κ1) is 21.5. The number of hydrogen-bond acceptors (Lipinski definition) is 3. The lowest BCUT2D eigenvalue weighted by molar-refractivity contribution is 0.306. The Morgan fingerprint density at radius 3 is 2.79 bits per heavy atom. The van der Waals surface area contributed by atoms with Crippen molar-refractivity contribution in [3.05, 3.63) is 41.1 Å². The molecule has 2 aromatic rings. The van der Waals surface area contributed by atoms with Crippen LogP contribution in [0.5, 0.6) is 0 Å². The summed E-state index contributed by atoms with van der Waals surface area (Å²) in [5.74, 6) is 2.64. The van der Waals surface area contributed by atoms with E-state index in [9.17, 15) is 0 Å². The fourth-order valence-corrected chi connectivity index (χ4v) is 4.24. The second-order valence-corrected chi connectivity index (χ2v) is 8.38. The van der Waals surface area contributed by atoms with Crippen LogP contribution in [0.4, 0.5) is 0 Å². The summed E-state index contributed by atoms with van der Waals surface area (Å²) in [4.78, 5) is 4.89. The normalized spacial score (nSPS) is 20.1. The average molecular weight is 400 g/mol. The Bertz CT molecular complexity index is 778. The number of nitrogens with zero attached hydrogens (tertiary/aromatic N) is 3. The van der Waals surface area contributed by atoms with Gasteiger partial charge in [-0.1, -0.05) is 19.8 Å². The molecular weight excluding hydrogens is 362 g/mol. The predicted molar refractivity (Wildman–Crippen MR) is 118 cm³/mol. The van der Waals surface area contributed by atoms with E-state index in [4.69, 9.17) is 9.41 Å². The zero-order valence-electron chi connectivity index (χ0n) is 18.5. The van der Waals surface area contributed by atoms with Crippen LogP contribution < -0.4 is 10.6 Å². The molecule has 0 saturated heterocycles. The van der Waals surface area contributed by atoms with Gasteiger partial charge in [0.05, 0.1) is 12.0 Å². The van der Waals surface area contributed by atoms with Crippen molar-refractivity contribution in [2.75, 3.05) is 13.1 Å². The summed E-state index contributed by atoms with van der Waals surface area (Å²) in [7, 11) is 2.01. The van der Waals surface area contributed by atoms with E-state index in [0.717, 1.165) is 49.8 Å². The number of aryl methyl sites for hydroxylation is 2. The summed E-state index contributed by atoms with van der Waals surface area (Å²) in [5.41, 5.74) is 3.77. The third-order valence-electron chi connectivity index (χ3n) is 6.19. The maximum Gasteiger partial charge on any atom is 0.191 e. The first-order chi connectivity index (χ1) is 14.0. The Hall–Kier alpha value is -2.24. The summed E-state index contributed by atoms with van der Waals surface area (Å²) in [5, 5.41) is 11.7. The number of aliphatic imine (C=N–C) groups is 1. The Kier molecular flexibility index (Phi) is 7.78. The van der Waals surface area contributed by atoms with Crippen molar-refractivity contribution in [1.29, 1.82) is 0 Å². The summed E-state index contributed by atoms with van der Waals surface area (Å²) >= 11 is 0. The number of guanidine groups is 1. The van der Waals surface area contributed by atoms with Crippen molar-refractivity contribution in [1.82, 2.24) is 20.4 Å². The summed E-state index contributed by atoms with van der Waals surface area (Å²) in [6, 6.07) is 4.48. The van der Waals surface area contributed by atoms with E-state index in [1.54, 1.807) is 6.26 Å². The van der Waals surface area contributed by atoms with Gasteiger partial charge in [0.25, 0.3) is 0 Å². The Labute approximate surface area is 175 Å². The number of furan rings is 1. The van der Waals surface area contributed by atoms with Gasteiger partial charge in [-0.25, -0.2) is 0 Å². The number of nitrogens with one attached hydrogen (secondary N) is 2. The Morgan fingerprint density at radius 2 is 2.10 bits per heavy atom. The lowest BCUT2D eigenvalue weighted by atomic mass is 9.86. The molecule has 1 aliphatic carbocycles. The minimum atomic E-state index is 0.515. The van der Waals surface area contributed by atoms with Crippen LogP contribution in [-0.2, 0) is 19.9 Å². The molecule has 29 heavy (non-hydrogen) atoms.